The van der Waals surface area contributed by atoms with E-state index in [2.05, 4.69) is 9.88 Å². The van der Waals surface area contributed by atoms with E-state index in [0.29, 0.717) is 41.7 Å². The highest BCUT2D eigenvalue weighted by Gasteiger charge is 2.25. The highest BCUT2D eigenvalue weighted by Crippen LogP contribution is 2.39. The van der Waals surface area contributed by atoms with Crippen molar-refractivity contribution in [2.75, 3.05) is 6.73 Å². The van der Waals surface area contributed by atoms with E-state index in [4.69, 9.17) is 20.8 Å². The third-order valence-electron chi connectivity index (χ3n) is 4.68. The van der Waals surface area contributed by atoms with Gasteiger partial charge in [-0.25, -0.2) is 4.79 Å². The molecule has 1 aliphatic heterocycles. The molecule has 2 aromatic heterocycles. The van der Waals surface area contributed by atoms with E-state index in [1.54, 1.807) is 19.3 Å². The number of halogens is 1. The molecule has 6 heteroatoms. The zero-order valence-electron chi connectivity index (χ0n) is 14.0. The molecule has 128 valence electrons. The van der Waals surface area contributed by atoms with Crippen LogP contribution in [0.3, 0.4) is 0 Å². The van der Waals surface area contributed by atoms with Gasteiger partial charge in [0.25, 0.3) is 0 Å². The van der Waals surface area contributed by atoms with Crippen molar-refractivity contribution in [2.45, 2.75) is 26.9 Å². The number of fused-ring (bicyclic) bond motifs is 3. The highest BCUT2D eigenvalue weighted by atomic mass is 35.5. The average molecular weight is 357 g/mol. The van der Waals surface area contributed by atoms with Gasteiger partial charge in [-0.2, -0.15) is 0 Å². The first-order valence-corrected chi connectivity index (χ1v) is 8.42. The maximum Gasteiger partial charge on any atom is 0.339 e. The Kier molecular flexibility index (Phi) is 3.98. The minimum absolute atomic E-state index is 0.319. The SMILES string of the molecule is Cc1c(C)c2cc(Cl)c3c(c2oc1=O)CN(Cc1ccncc1)CO3. The van der Waals surface area contributed by atoms with Crippen molar-refractivity contribution in [3.63, 3.8) is 0 Å². The first-order chi connectivity index (χ1) is 12.0. The average Bonchev–Trinajstić information content (AvgIpc) is 2.62. The van der Waals surface area contributed by atoms with E-state index in [1.807, 2.05) is 25.1 Å². The first-order valence-electron chi connectivity index (χ1n) is 8.04. The molecule has 3 heterocycles. The maximum absolute atomic E-state index is 12.1. The monoisotopic (exact) mass is 356 g/mol. The van der Waals surface area contributed by atoms with Crippen LogP contribution in [0, 0.1) is 13.8 Å². The fourth-order valence-electron chi connectivity index (χ4n) is 3.16. The Morgan fingerprint density at radius 1 is 1.24 bits per heavy atom. The van der Waals surface area contributed by atoms with Crippen molar-refractivity contribution >= 4 is 22.6 Å². The molecule has 0 saturated carbocycles. The predicted octanol–water partition coefficient (Wildman–Crippen LogP) is 3.81. The molecule has 3 aromatic rings. The van der Waals surface area contributed by atoms with Crippen LogP contribution in [-0.2, 0) is 13.1 Å². The number of benzene rings is 1. The molecule has 0 spiro atoms. The molecule has 1 aliphatic rings. The van der Waals surface area contributed by atoms with Gasteiger partial charge >= 0.3 is 5.63 Å². The molecule has 5 nitrogen and oxygen atoms in total. The molecule has 0 unspecified atom stereocenters. The van der Waals surface area contributed by atoms with E-state index in [-0.39, 0.29) is 5.63 Å². The topological polar surface area (TPSA) is 55.6 Å². The Morgan fingerprint density at radius 2 is 2.00 bits per heavy atom. The van der Waals surface area contributed by atoms with Gasteiger partial charge in [0.05, 0.1) is 10.6 Å². The zero-order valence-corrected chi connectivity index (χ0v) is 14.8. The molecular weight excluding hydrogens is 340 g/mol. The van der Waals surface area contributed by atoms with Gasteiger partial charge in [-0.3, -0.25) is 9.88 Å². The van der Waals surface area contributed by atoms with Crippen LogP contribution in [0.2, 0.25) is 5.02 Å². The lowest BCUT2D eigenvalue weighted by Gasteiger charge is -2.30. The van der Waals surface area contributed by atoms with E-state index in [1.165, 1.54) is 0 Å². The smallest absolute Gasteiger partial charge is 0.339 e. The Bertz CT molecular complexity index is 1010. The first kappa shape index (κ1) is 16.1. The van der Waals surface area contributed by atoms with Crippen molar-refractivity contribution in [1.82, 2.24) is 9.88 Å². The van der Waals surface area contributed by atoms with Gasteiger partial charge < -0.3 is 9.15 Å². The molecule has 1 aromatic carbocycles. The second-order valence-corrected chi connectivity index (χ2v) is 6.71. The van der Waals surface area contributed by atoms with Crippen LogP contribution in [0.5, 0.6) is 5.75 Å². The molecule has 25 heavy (non-hydrogen) atoms. The third-order valence-corrected chi connectivity index (χ3v) is 4.96. The molecule has 0 saturated heterocycles. The summed E-state index contributed by atoms with van der Waals surface area (Å²) in [5.41, 5.74) is 3.70. The standard InChI is InChI=1S/C19H17ClN2O3/c1-11-12(2)19(23)25-17-14(11)7-16(20)18-15(17)9-22(10-24-18)8-13-3-5-21-6-4-13/h3-7H,8-10H2,1-2H3. The van der Waals surface area contributed by atoms with E-state index < -0.39 is 0 Å². The number of ether oxygens (including phenoxy) is 1. The zero-order chi connectivity index (χ0) is 17.6. The van der Waals surface area contributed by atoms with Crippen molar-refractivity contribution in [1.29, 1.82) is 0 Å². The van der Waals surface area contributed by atoms with Gasteiger partial charge in [0.15, 0.2) is 0 Å². The second kappa shape index (κ2) is 6.17. The van der Waals surface area contributed by atoms with E-state index in [0.717, 1.165) is 22.1 Å². The number of hydrogen-bond donors (Lipinski definition) is 0. The summed E-state index contributed by atoms with van der Waals surface area (Å²) in [4.78, 5) is 18.3. The van der Waals surface area contributed by atoms with Crippen LogP contribution in [0.25, 0.3) is 11.0 Å². The molecule has 0 atom stereocenters. The third kappa shape index (κ3) is 2.79. The number of pyridine rings is 1. The molecule has 0 amide bonds. The maximum atomic E-state index is 12.1. The molecule has 0 aliphatic carbocycles. The molecule has 0 bridgehead atoms. The van der Waals surface area contributed by atoms with Crippen LogP contribution in [-0.4, -0.2) is 16.6 Å². The van der Waals surface area contributed by atoms with Gasteiger partial charge in [-0.1, -0.05) is 11.6 Å². The summed E-state index contributed by atoms with van der Waals surface area (Å²) in [7, 11) is 0. The van der Waals surface area contributed by atoms with Crippen molar-refractivity contribution in [3.8, 4) is 5.75 Å². The Balaban J connectivity index is 1.80. The van der Waals surface area contributed by atoms with Crippen LogP contribution in [0.4, 0.5) is 0 Å². The minimum Gasteiger partial charge on any atom is -0.476 e. The lowest BCUT2D eigenvalue weighted by molar-refractivity contribution is 0.0890. The lowest BCUT2D eigenvalue weighted by Crippen LogP contribution is -2.32. The molecule has 4 rings (SSSR count). The number of rotatable bonds is 2. The second-order valence-electron chi connectivity index (χ2n) is 6.30. The summed E-state index contributed by atoms with van der Waals surface area (Å²) in [6.45, 7) is 5.41. The summed E-state index contributed by atoms with van der Waals surface area (Å²) in [5.74, 6) is 0.603. The fraction of sp³-hybridized carbons (Fsp3) is 0.263. The summed E-state index contributed by atoms with van der Waals surface area (Å²) in [6.07, 6.45) is 3.54. The largest absolute Gasteiger partial charge is 0.476 e. The number of nitrogens with zero attached hydrogens (tertiary/aromatic N) is 2. The summed E-state index contributed by atoms with van der Waals surface area (Å²) < 4.78 is 11.5. The van der Waals surface area contributed by atoms with Gasteiger partial charge in [0.2, 0.25) is 0 Å². The van der Waals surface area contributed by atoms with E-state index >= 15 is 0 Å². The van der Waals surface area contributed by atoms with Crippen molar-refractivity contribution in [2.24, 2.45) is 0 Å². The van der Waals surface area contributed by atoms with Crippen molar-refractivity contribution < 1.29 is 9.15 Å². The van der Waals surface area contributed by atoms with Crippen LogP contribution in [0.15, 0.2) is 39.8 Å². The van der Waals surface area contributed by atoms with Gasteiger partial charge in [-0.15, -0.1) is 0 Å². The normalized spacial score (nSPS) is 14.4. The van der Waals surface area contributed by atoms with E-state index in [9.17, 15) is 4.79 Å². The van der Waals surface area contributed by atoms with Crippen LogP contribution in [0.1, 0.15) is 22.3 Å². The number of hydrogen-bond acceptors (Lipinski definition) is 5. The quantitative estimate of drug-likeness (QED) is 0.653. The summed E-state index contributed by atoms with van der Waals surface area (Å²) in [6, 6.07) is 5.76. The van der Waals surface area contributed by atoms with Crippen molar-refractivity contribution in [3.05, 3.63) is 68.3 Å². The Hall–Kier alpha value is -2.37. The molecule has 0 N–H and O–H groups in total. The fourth-order valence-corrected chi connectivity index (χ4v) is 3.44. The summed E-state index contributed by atoms with van der Waals surface area (Å²) >= 11 is 6.42. The van der Waals surface area contributed by atoms with Gasteiger partial charge in [-0.05, 0) is 43.2 Å². The van der Waals surface area contributed by atoms with Crippen LogP contribution < -0.4 is 10.4 Å². The van der Waals surface area contributed by atoms with Crippen LogP contribution >= 0.6 is 11.6 Å². The molecular formula is C19H17ClN2O3. The molecule has 0 fully saturated rings. The number of aromatic nitrogens is 1. The Labute approximate surface area is 149 Å². The predicted molar refractivity (Wildman–Crippen MR) is 95.9 cm³/mol. The molecule has 0 radical (unpaired) electrons. The summed E-state index contributed by atoms with van der Waals surface area (Å²) in [5, 5.41) is 1.40. The van der Waals surface area contributed by atoms with Gasteiger partial charge in [0.1, 0.15) is 18.1 Å². The van der Waals surface area contributed by atoms with Gasteiger partial charge in [0, 0.05) is 36.4 Å². The number of aryl methyl sites for hydroxylation is 1. The highest BCUT2D eigenvalue weighted by molar-refractivity contribution is 6.33. The lowest BCUT2D eigenvalue weighted by atomic mass is 10.0. The Morgan fingerprint density at radius 3 is 2.76 bits per heavy atom. The minimum atomic E-state index is -0.319.